The topological polar surface area (TPSA) is 81.1 Å². The van der Waals surface area contributed by atoms with Crippen LogP contribution in [0.3, 0.4) is 0 Å². The summed E-state index contributed by atoms with van der Waals surface area (Å²) in [7, 11) is 0. The molecule has 1 aromatic heterocycles. The summed E-state index contributed by atoms with van der Waals surface area (Å²) in [4.78, 5) is 10.6. The zero-order valence-corrected chi connectivity index (χ0v) is 9.97. The van der Waals surface area contributed by atoms with E-state index in [1.54, 1.807) is 0 Å². The van der Waals surface area contributed by atoms with Crippen molar-refractivity contribution in [2.24, 2.45) is 5.92 Å². The third-order valence-electron chi connectivity index (χ3n) is 4.04. The average molecular weight is 233 g/mol. The molecule has 1 saturated carbocycles. The maximum atomic E-state index is 5.75. The number of hydrogen-bond acceptors (Lipinski definition) is 5. The molecule has 0 spiro atoms. The van der Waals surface area contributed by atoms with Crippen LogP contribution >= 0.6 is 0 Å². The number of fused-ring (bicyclic) bond motifs is 1. The Bertz CT molecular complexity index is 399. The fourth-order valence-electron chi connectivity index (χ4n) is 3.36. The molecule has 5 nitrogen and oxygen atoms in total. The molecule has 2 aliphatic rings. The van der Waals surface area contributed by atoms with Gasteiger partial charge in [0.25, 0.3) is 0 Å². The van der Waals surface area contributed by atoms with Crippen molar-refractivity contribution in [2.45, 2.75) is 38.1 Å². The van der Waals surface area contributed by atoms with E-state index in [1.807, 2.05) is 6.07 Å². The molecule has 2 unspecified atom stereocenters. The zero-order valence-electron chi connectivity index (χ0n) is 9.97. The Kier molecular flexibility index (Phi) is 2.53. The van der Waals surface area contributed by atoms with Crippen LogP contribution in [-0.2, 0) is 0 Å². The molecule has 1 aromatic rings. The van der Waals surface area contributed by atoms with Crippen molar-refractivity contribution in [3.63, 3.8) is 0 Å². The van der Waals surface area contributed by atoms with Gasteiger partial charge in [0.2, 0.25) is 5.95 Å². The fourth-order valence-corrected chi connectivity index (χ4v) is 3.36. The van der Waals surface area contributed by atoms with Crippen LogP contribution in [0.25, 0.3) is 0 Å². The van der Waals surface area contributed by atoms with E-state index in [9.17, 15) is 0 Å². The normalized spacial score (nSPS) is 28.1. The maximum Gasteiger partial charge on any atom is 0.223 e. The Morgan fingerprint density at radius 2 is 1.94 bits per heavy atom. The predicted molar refractivity (Wildman–Crippen MR) is 68.6 cm³/mol. The summed E-state index contributed by atoms with van der Waals surface area (Å²) in [6.45, 7) is 1.07. The molecule has 0 radical (unpaired) electrons. The first kappa shape index (κ1) is 10.6. The molecule has 17 heavy (non-hydrogen) atoms. The van der Waals surface area contributed by atoms with Crippen molar-refractivity contribution in [1.82, 2.24) is 9.97 Å². The highest BCUT2D eigenvalue weighted by atomic mass is 15.2. The molecule has 0 aromatic carbocycles. The number of anilines is 3. The van der Waals surface area contributed by atoms with Crippen LogP contribution in [-0.4, -0.2) is 22.6 Å². The Morgan fingerprint density at radius 3 is 2.76 bits per heavy atom. The Hall–Kier alpha value is -1.52. The Labute approximate surface area is 101 Å². The van der Waals surface area contributed by atoms with Crippen molar-refractivity contribution in [3.8, 4) is 0 Å². The van der Waals surface area contributed by atoms with E-state index >= 15 is 0 Å². The van der Waals surface area contributed by atoms with Crippen LogP contribution in [0.2, 0.25) is 0 Å². The highest BCUT2D eigenvalue weighted by Crippen LogP contribution is 2.38. The predicted octanol–water partition coefficient (Wildman–Crippen LogP) is 1.41. The van der Waals surface area contributed by atoms with E-state index < -0.39 is 0 Å². The van der Waals surface area contributed by atoms with Crippen LogP contribution in [0, 0.1) is 5.92 Å². The summed E-state index contributed by atoms with van der Waals surface area (Å²) in [5, 5.41) is 0. The van der Waals surface area contributed by atoms with Gasteiger partial charge in [-0.1, -0.05) is 6.42 Å². The molecule has 5 heteroatoms. The van der Waals surface area contributed by atoms with Crippen LogP contribution in [0.1, 0.15) is 32.1 Å². The molecule has 2 atom stereocenters. The zero-order chi connectivity index (χ0) is 11.8. The number of piperidine rings is 1. The summed E-state index contributed by atoms with van der Waals surface area (Å²) in [6, 6.07) is 2.48. The summed E-state index contributed by atoms with van der Waals surface area (Å²) < 4.78 is 0. The van der Waals surface area contributed by atoms with Gasteiger partial charge in [-0.3, -0.25) is 0 Å². The quantitative estimate of drug-likeness (QED) is 0.766. The van der Waals surface area contributed by atoms with E-state index in [0.29, 0.717) is 11.9 Å². The Morgan fingerprint density at radius 1 is 1.12 bits per heavy atom. The van der Waals surface area contributed by atoms with E-state index in [4.69, 9.17) is 11.5 Å². The molecule has 0 bridgehead atoms. The van der Waals surface area contributed by atoms with Crippen molar-refractivity contribution < 1.29 is 0 Å². The summed E-state index contributed by atoms with van der Waals surface area (Å²) >= 11 is 0. The Balaban J connectivity index is 1.91. The van der Waals surface area contributed by atoms with Gasteiger partial charge in [0.15, 0.2) is 0 Å². The molecule has 0 amide bonds. The molecule has 2 heterocycles. The minimum Gasteiger partial charge on any atom is -0.383 e. The van der Waals surface area contributed by atoms with E-state index in [0.717, 1.165) is 18.3 Å². The van der Waals surface area contributed by atoms with Crippen LogP contribution < -0.4 is 16.4 Å². The number of rotatable bonds is 1. The SMILES string of the molecule is Nc1cc(N2CCCC3CCCC32)nc(N)n1. The van der Waals surface area contributed by atoms with E-state index in [1.165, 1.54) is 32.1 Å². The standard InChI is InChI=1S/C12H19N5/c13-10-7-11(16-12(14)15-10)17-6-2-4-8-3-1-5-9(8)17/h7-9H,1-6H2,(H4,13,14,15,16). The van der Waals surface area contributed by atoms with Gasteiger partial charge in [-0.2, -0.15) is 9.97 Å². The molecule has 1 aliphatic carbocycles. The number of nitrogens with two attached hydrogens (primary N) is 2. The van der Waals surface area contributed by atoms with Crippen molar-refractivity contribution in [3.05, 3.63) is 6.07 Å². The van der Waals surface area contributed by atoms with E-state index in [2.05, 4.69) is 14.9 Å². The second-order valence-corrected chi connectivity index (χ2v) is 5.10. The fraction of sp³-hybridized carbons (Fsp3) is 0.667. The number of hydrogen-bond donors (Lipinski definition) is 2. The van der Waals surface area contributed by atoms with Crippen molar-refractivity contribution in [2.75, 3.05) is 22.9 Å². The van der Waals surface area contributed by atoms with Crippen LogP contribution in [0.4, 0.5) is 17.6 Å². The lowest BCUT2D eigenvalue weighted by Crippen LogP contribution is -2.43. The first-order chi connectivity index (χ1) is 8.24. The molecular weight excluding hydrogens is 214 g/mol. The molecule has 3 rings (SSSR count). The average Bonchev–Trinajstić information content (AvgIpc) is 2.75. The monoisotopic (exact) mass is 233 g/mol. The van der Waals surface area contributed by atoms with Gasteiger partial charge in [0.1, 0.15) is 11.6 Å². The van der Waals surface area contributed by atoms with Gasteiger partial charge in [-0.25, -0.2) is 0 Å². The first-order valence-electron chi connectivity index (χ1n) is 6.41. The lowest BCUT2D eigenvalue weighted by molar-refractivity contribution is 0.360. The van der Waals surface area contributed by atoms with Crippen molar-refractivity contribution in [1.29, 1.82) is 0 Å². The third kappa shape index (κ3) is 1.90. The maximum absolute atomic E-state index is 5.75. The van der Waals surface area contributed by atoms with Crippen molar-refractivity contribution >= 4 is 17.6 Å². The van der Waals surface area contributed by atoms with Crippen LogP contribution in [0.5, 0.6) is 0 Å². The smallest absolute Gasteiger partial charge is 0.223 e. The first-order valence-corrected chi connectivity index (χ1v) is 6.41. The highest BCUT2D eigenvalue weighted by Gasteiger charge is 2.35. The number of nitrogens with zero attached hydrogens (tertiary/aromatic N) is 3. The van der Waals surface area contributed by atoms with Crippen LogP contribution in [0.15, 0.2) is 6.07 Å². The minimum atomic E-state index is 0.278. The highest BCUT2D eigenvalue weighted by molar-refractivity contribution is 5.51. The van der Waals surface area contributed by atoms with Gasteiger partial charge in [0, 0.05) is 18.7 Å². The number of aromatic nitrogens is 2. The minimum absolute atomic E-state index is 0.278. The van der Waals surface area contributed by atoms with Gasteiger partial charge < -0.3 is 16.4 Å². The summed E-state index contributed by atoms with van der Waals surface area (Å²) in [5.74, 6) is 2.49. The largest absolute Gasteiger partial charge is 0.383 e. The molecule has 2 fully saturated rings. The number of nitrogen functional groups attached to an aromatic ring is 2. The van der Waals surface area contributed by atoms with Gasteiger partial charge in [-0.05, 0) is 31.6 Å². The molecular formula is C12H19N5. The lowest BCUT2D eigenvalue weighted by Gasteiger charge is -2.38. The molecule has 1 aliphatic heterocycles. The van der Waals surface area contributed by atoms with Gasteiger partial charge in [-0.15, -0.1) is 0 Å². The second-order valence-electron chi connectivity index (χ2n) is 5.10. The molecule has 4 N–H and O–H groups in total. The van der Waals surface area contributed by atoms with E-state index in [-0.39, 0.29) is 5.95 Å². The third-order valence-corrected chi connectivity index (χ3v) is 4.04. The molecule has 92 valence electrons. The van der Waals surface area contributed by atoms with Gasteiger partial charge >= 0.3 is 0 Å². The second kappa shape index (κ2) is 4.05. The van der Waals surface area contributed by atoms with Gasteiger partial charge in [0.05, 0.1) is 0 Å². The summed E-state index contributed by atoms with van der Waals surface area (Å²) in [6.07, 6.45) is 6.57. The lowest BCUT2D eigenvalue weighted by atomic mass is 9.92. The summed E-state index contributed by atoms with van der Waals surface area (Å²) in [5.41, 5.74) is 11.4. The molecule has 1 saturated heterocycles.